The van der Waals surface area contributed by atoms with Crippen LogP contribution in [0.5, 0.6) is 0 Å². The molecule has 4 nitrogen and oxygen atoms in total. The van der Waals surface area contributed by atoms with E-state index in [1.54, 1.807) is 0 Å². The van der Waals surface area contributed by atoms with E-state index in [2.05, 4.69) is 5.32 Å². The van der Waals surface area contributed by atoms with Crippen LogP contribution in [-0.4, -0.2) is 47.9 Å². The number of nitrogens with zero attached hydrogens (tertiary/aromatic N) is 1. The van der Waals surface area contributed by atoms with Crippen molar-refractivity contribution in [1.82, 2.24) is 10.2 Å². The Bertz CT molecular complexity index is 374. The van der Waals surface area contributed by atoms with Crippen LogP contribution >= 0.6 is 0 Å². The Morgan fingerprint density at radius 3 is 2.47 bits per heavy atom. The molecule has 3 saturated heterocycles. The summed E-state index contributed by atoms with van der Waals surface area (Å²) in [6.07, 6.45) is -1.08. The van der Waals surface area contributed by atoms with Crippen LogP contribution in [0, 0.1) is 0 Å². The fourth-order valence-electron chi connectivity index (χ4n) is 3.58. The van der Waals surface area contributed by atoms with Crippen LogP contribution < -0.4 is 5.32 Å². The van der Waals surface area contributed by atoms with Crippen molar-refractivity contribution in [1.29, 1.82) is 0 Å². The summed E-state index contributed by atoms with van der Waals surface area (Å²) in [4.78, 5) is 12.5. The zero-order chi connectivity index (χ0) is 13.7. The van der Waals surface area contributed by atoms with Crippen LogP contribution in [0.4, 0.5) is 18.0 Å². The number of nitrogens with one attached hydrogen (secondary N) is 1. The molecule has 0 aromatic heterocycles. The van der Waals surface area contributed by atoms with E-state index >= 15 is 0 Å². The second-order valence-corrected chi connectivity index (χ2v) is 5.88. The molecule has 2 unspecified atom stereocenters. The number of amides is 1. The van der Waals surface area contributed by atoms with Crippen molar-refractivity contribution in [2.45, 2.75) is 56.0 Å². The summed E-state index contributed by atoms with van der Waals surface area (Å²) in [6, 6.07) is 0.696. The lowest BCUT2D eigenvalue weighted by Gasteiger charge is -2.45. The van der Waals surface area contributed by atoms with Crippen LogP contribution in [0.1, 0.15) is 32.1 Å². The van der Waals surface area contributed by atoms with Crippen molar-refractivity contribution in [2.75, 3.05) is 13.1 Å². The van der Waals surface area contributed by atoms with E-state index in [-0.39, 0.29) is 6.54 Å². The number of piperidine rings is 1. The molecule has 3 aliphatic heterocycles. The van der Waals surface area contributed by atoms with E-state index in [4.69, 9.17) is 4.74 Å². The van der Waals surface area contributed by atoms with E-state index in [1.807, 2.05) is 0 Å². The molecule has 0 saturated carbocycles. The molecular formula is C12H17F3N2O2. The number of carbonyl (C=O) groups excluding carboxylic acids is 1. The molecule has 1 N–H and O–H groups in total. The van der Waals surface area contributed by atoms with Gasteiger partial charge in [0, 0.05) is 37.9 Å². The first-order chi connectivity index (χ1) is 8.85. The van der Waals surface area contributed by atoms with Gasteiger partial charge in [0.15, 0.2) is 0 Å². The first kappa shape index (κ1) is 13.0. The number of carbonyl (C=O) groups is 1. The first-order valence-electron chi connectivity index (χ1n) is 6.66. The van der Waals surface area contributed by atoms with Crippen molar-refractivity contribution >= 4 is 6.09 Å². The van der Waals surface area contributed by atoms with Crippen molar-refractivity contribution in [3.8, 4) is 0 Å². The smallest absolute Gasteiger partial charge is 0.410 e. The van der Waals surface area contributed by atoms with Gasteiger partial charge in [0.05, 0.1) is 0 Å². The maximum Gasteiger partial charge on any atom is 0.410 e. The number of halogens is 3. The molecule has 2 bridgehead atoms. The number of ether oxygens (including phenoxy) is 1. The Morgan fingerprint density at radius 1 is 1.32 bits per heavy atom. The van der Waals surface area contributed by atoms with Crippen molar-refractivity contribution in [3.05, 3.63) is 0 Å². The summed E-state index contributed by atoms with van der Waals surface area (Å²) in [7, 11) is 0. The Morgan fingerprint density at radius 2 is 1.95 bits per heavy atom. The number of hydrogen-bond donors (Lipinski definition) is 1. The van der Waals surface area contributed by atoms with Crippen LogP contribution in [-0.2, 0) is 4.74 Å². The molecule has 0 radical (unpaired) electrons. The molecule has 19 heavy (non-hydrogen) atoms. The van der Waals surface area contributed by atoms with E-state index in [1.165, 1.54) is 0 Å². The van der Waals surface area contributed by atoms with Crippen molar-refractivity contribution < 1.29 is 22.7 Å². The van der Waals surface area contributed by atoms with Crippen molar-refractivity contribution in [3.63, 3.8) is 0 Å². The van der Waals surface area contributed by atoms with Gasteiger partial charge in [-0.15, -0.1) is 0 Å². The van der Waals surface area contributed by atoms with E-state index in [9.17, 15) is 18.0 Å². The highest BCUT2D eigenvalue weighted by Gasteiger charge is 2.50. The fraction of sp³-hybridized carbons (Fsp3) is 0.917. The predicted octanol–water partition coefficient (Wildman–Crippen LogP) is 2.04. The van der Waals surface area contributed by atoms with Gasteiger partial charge in [0.2, 0.25) is 0 Å². The van der Waals surface area contributed by atoms with Gasteiger partial charge in [0.25, 0.3) is 0 Å². The highest BCUT2D eigenvalue weighted by molar-refractivity contribution is 5.69. The highest BCUT2D eigenvalue weighted by atomic mass is 19.4. The predicted molar refractivity (Wildman–Crippen MR) is 60.6 cm³/mol. The average molecular weight is 278 g/mol. The summed E-state index contributed by atoms with van der Waals surface area (Å²) in [5.74, 6) is 0. The summed E-state index contributed by atoms with van der Waals surface area (Å²) >= 11 is 0. The quantitative estimate of drug-likeness (QED) is 0.798. The molecule has 0 aromatic carbocycles. The number of alkyl halides is 3. The maximum absolute atomic E-state index is 12.3. The van der Waals surface area contributed by atoms with Gasteiger partial charge in [-0.25, -0.2) is 4.79 Å². The van der Waals surface area contributed by atoms with Gasteiger partial charge in [0.1, 0.15) is 12.1 Å². The standard InChI is InChI=1S/C12H17F3N2O2/c13-12(14,15)7-17-4-3-11(19-10(17)18)5-8-1-2-9(6-11)16-8/h8-9,16H,1-7H2. The number of rotatable bonds is 1. The molecule has 3 heterocycles. The number of hydrogen-bond acceptors (Lipinski definition) is 3. The third-order valence-corrected chi connectivity index (χ3v) is 4.34. The van der Waals surface area contributed by atoms with Crippen LogP contribution in [0.3, 0.4) is 0 Å². The average Bonchev–Trinajstić information content (AvgIpc) is 2.62. The third-order valence-electron chi connectivity index (χ3n) is 4.34. The number of fused-ring (bicyclic) bond motifs is 2. The minimum atomic E-state index is -4.36. The lowest BCUT2D eigenvalue weighted by Crippen LogP contribution is -2.57. The first-order valence-corrected chi connectivity index (χ1v) is 6.66. The molecule has 1 spiro atoms. The molecule has 0 aliphatic carbocycles. The van der Waals surface area contributed by atoms with Crippen molar-refractivity contribution in [2.24, 2.45) is 0 Å². The lowest BCUT2D eigenvalue weighted by molar-refractivity contribution is -0.156. The van der Waals surface area contributed by atoms with Gasteiger partial charge in [-0.2, -0.15) is 13.2 Å². The molecule has 7 heteroatoms. The lowest BCUT2D eigenvalue weighted by atomic mass is 9.83. The van der Waals surface area contributed by atoms with Crippen LogP contribution in [0.25, 0.3) is 0 Å². The van der Waals surface area contributed by atoms with Gasteiger partial charge in [-0.1, -0.05) is 0 Å². The van der Waals surface area contributed by atoms with Gasteiger partial charge < -0.3 is 10.1 Å². The zero-order valence-corrected chi connectivity index (χ0v) is 10.5. The molecular weight excluding hydrogens is 261 g/mol. The Hall–Kier alpha value is -0.980. The maximum atomic E-state index is 12.3. The van der Waals surface area contributed by atoms with Gasteiger partial charge in [-0.05, 0) is 12.8 Å². The Balaban J connectivity index is 1.65. The monoisotopic (exact) mass is 278 g/mol. The van der Waals surface area contributed by atoms with E-state index < -0.39 is 24.4 Å². The fourth-order valence-corrected chi connectivity index (χ4v) is 3.58. The molecule has 2 atom stereocenters. The highest BCUT2D eigenvalue weighted by Crippen LogP contribution is 2.41. The molecule has 108 valence electrons. The third kappa shape index (κ3) is 2.66. The SMILES string of the molecule is O=C1OC2(CCN1CC(F)(F)F)CC1CCC(C2)N1. The Labute approximate surface area is 109 Å². The summed E-state index contributed by atoms with van der Waals surface area (Å²) in [5, 5.41) is 3.44. The minimum Gasteiger partial charge on any atom is -0.443 e. The van der Waals surface area contributed by atoms with Crippen LogP contribution in [0.2, 0.25) is 0 Å². The van der Waals surface area contributed by atoms with Crippen LogP contribution in [0.15, 0.2) is 0 Å². The van der Waals surface area contributed by atoms with E-state index in [0.29, 0.717) is 18.5 Å². The van der Waals surface area contributed by atoms with Gasteiger partial charge in [-0.3, -0.25) is 4.90 Å². The minimum absolute atomic E-state index is 0.137. The molecule has 3 fully saturated rings. The Kier molecular flexibility index (Phi) is 2.92. The zero-order valence-electron chi connectivity index (χ0n) is 10.5. The topological polar surface area (TPSA) is 41.6 Å². The second kappa shape index (κ2) is 4.26. The molecule has 0 aromatic rings. The van der Waals surface area contributed by atoms with E-state index in [0.717, 1.165) is 30.6 Å². The summed E-state index contributed by atoms with van der Waals surface area (Å²) in [5.41, 5.74) is -0.531. The second-order valence-electron chi connectivity index (χ2n) is 5.88. The normalized spacial score (nSPS) is 38.7. The summed E-state index contributed by atoms with van der Waals surface area (Å²) in [6.45, 7) is -1.08. The molecule has 1 amide bonds. The largest absolute Gasteiger partial charge is 0.443 e. The van der Waals surface area contributed by atoms with Gasteiger partial charge >= 0.3 is 12.3 Å². The summed E-state index contributed by atoms with van der Waals surface area (Å²) < 4.78 is 42.4. The molecule has 3 rings (SSSR count). The molecule has 3 aliphatic rings.